The van der Waals surface area contributed by atoms with Crippen molar-refractivity contribution < 1.29 is 9.90 Å². The molecule has 1 aromatic rings. The Labute approximate surface area is 124 Å². The van der Waals surface area contributed by atoms with Crippen LogP contribution in [-0.4, -0.2) is 26.6 Å². The minimum absolute atomic E-state index is 0.0745. The minimum atomic E-state index is -1.02. The van der Waals surface area contributed by atoms with Gasteiger partial charge in [-0.1, -0.05) is 33.6 Å². The number of nitrogens with one attached hydrogen (secondary N) is 2. The summed E-state index contributed by atoms with van der Waals surface area (Å²) in [6.07, 6.45) is 3.00. The second-order valence-electron chi connectivity index (χ2n) is 6.38. The summed E-state index contributed by atoms with van der Waals surface area (Å²) in [6, 6.07) is 1.33. The van der Waals surface area contributed by atoms with Gasteiger partial charge in [-0.05, 0) is 18.8 Å². The normalized spacial score (nSPS) is 25.8. The number of aromatic nitrogens is 2. The number of aromatic amines is 1. The molecule has 0 radical (unpaired) electrons. The molecule has 21 heavy (non-hydrogen) atoms. The summed E-state index contributed by atoms with van der Waals surface area (Å²) in [5.41, 5.74) is -1.28. The molecular weight excluding hydrogens is 270 g/mol. The van der Waals surface area contributed by atoms with Gasteiger partial charge >= 0.3 is 5.97 Å². The van der Waals surface area contributed by atoms with E-state index in [-0.39, 0.29) is 11.5 Å². The fourth-order valence-electron chi connectivity index (χ4n) is 2.97. The number of anilines is 1. The molecule has 0 spiro atoms. The van der Waals surface area contributed by atoms with Gasteiger partial charge < -0.3 is 15.4 Å². The predicted molar refractivity (Wildman–Crippen MR) is 80.6 cm³/mol. The molecule has 116 valence electrons. The van der Waals surface area contributed by atoms with Crippen molar-refractivity contribution >= 4 is 11.8 Å². The van der Waals surface area contributed by atoms with Gasteiger partial charge in [0.05, 0.1) is 0 Å². The molecule has 3 N–H and O–H groups in total. The van der Waals surface area contributed by atoms with Crippen LogP contribution in [0, 0.1) is 5.92 Å². The molecule has 0 saturated heterocycles. The van der Waals surface area contributed by atoms with E-state index in [1.807, 2.05) is 13.8 Å². The first-order chi connectivity index (χ1) is 9.82. The molecule has 6 heteroatoms. The van der Waals surface area contributed by atoms with E-state index in [1.165, 1.54) is 6.07 Å². The Morgan fingerprint density at radius 2 is 2.29 bits per heavy atom. The Bertz CT molecular complexity index is 582. The van der Waals surface area contributed by atoms with Crippen molar-refractivity contribution in [2.45, 2.75) is 57.9 Å². The lowest BCUT2D eigenvalue weighted by Crippen LogP contribution is -2.50. The van der Waals surface area contributed by atoms with Gasteiger partial charge in [0.2, 0.25) is 0 Å². The van der Waals surface area contributed by atoms with Gasteiger partial charge in [0.15, 0.2) is 0 Å². The highest BCUT2D eigenvalue weighted by molar-refractivity contribution is 5.82. The van der Waals surface area contributed by atoms with E-state index in [0.717, 1.165) is 12.8 Å². The summed E-state index contributed by atoms with van der Waals surface area (Å²) < 4.78 is 0. The maximum atomic E-state index is 11.8. The van der Waals surface area contributed by atoms with Gasteiger partial charge in [0.25, 0.3) is 5.56 Å². The number of rotatable bonds is 4. The van der Waals surface area contributed by atoms with Gasteiger partial charge in [0, 0.05) is 12.0 Å². The highest BCUT2D eigenvalue weighted by atomic mass is 16.4. The number of H-pyrrole nitrogens is 1. The van der Waals surface area contributed by atoms with E-state index in [2.05, 4.69) is 22.2 Å². The Balaban J connectivity index is 2.33. The quantitative estimate of drug-likeness (QED) is 0.792. The maximum Gasteiger partial charge on any atom is 0.329 e. The van der Waals surface area contributed by atoms with Crippen molar-refractivity contribution in [1.29, 1.82) is 0 Å². The third kappa shape index (κ3) is 3.43. The number of carboxylic acid groups (broad SMARTS) is 1. The maximum absolute atomic E-state index is 11.8. The second kappa shape index (κ2) is 5.87. The van der Waals surface area contributed by atoms with Crippen LogP contribution in [0.1, 0.15) is 58.2 Å². The third-order valence-electron chi connectivity index (χ3n) is 4.08. The molecule has 2 rings (SSSR count). The smallest absolute Gasteiger partial charge is 0.329 e. The highest BCUT2D eigenvalue weighted by Crippen LogP contribution is 2.34. The predicted octanol–water partition coefficient (Wildman–Crippen LogP) is 2.34. The van der Waals surface area contributed by atoms with E-state index in [4.69, 9.17) is 0 Å². The first-order valence-electron chi connectivity index (χ1n) is 7.45. The van der Waals surface area contributed by atoms with Crippen LogP contribution in [0.3, 0.4) is 0 Å². The largest absolute Gasteiger partial charge is 0.480 e. The van der Waals surface area contributed by atoms with Crippen LogP contribution in [0.2, 0.25) is 0 Å². The zero-order valence-electron chi connectivity index (χ0n) is 12.8. The Kier molecular flexibility index (Phi) is 4.34. The van der Waals surface area contributed by atoms with Gasteiger partial charge in [-0.2, -0.15) is 0 Å². The lowest BCUT2D eigenvalue weighted by atomic mass is 9.76. The molecule has 1 aliphatic carbocycles. The highest BCUT2D eigenvalue weighted by Gasteiger charge is 2.42. The third-order valence-corrected chi connectivity index (χ3v) is 4.08. The molecule has 0 aliphatic heterocycles. The summed E-state index contributed by atoms with van der Waals surface area (Å²) in [4.78, 5) is 30.5. The van der Waals surface area contributed by atoms with Crippen molar-refractivity contribution in [3.8, 4) is 0 Å². The average Bonchev–Trinajstić information content (AvgIpc) is 2.37. The number of carboxylic acids is 1. The number of hydrogen-bond acceptors (Lipinski definition) is 4. The van der Waals surface area contributed by atoms with E-state index >= 15 is 0 Å². The molecule has 0 amide bonds. The number of carbonyl (C=O) groups is 1. The van der Waals surface area contributed by atoms with E-state index in [0.29, 0.717) is 30.4 Å². The molecule has 1 saturated carbocycles. The molecule has 0 bridgehead atoms. The molecule has 2 atom stereocenters. The summed E-state index contributed by atoms with van der Waals surface area (Å²) >= 11 is 0. The van der Waals surface area contributed by atoms with Crippen molar-refractivity contribution in [1.82, 2.24) is 9.97 Å². The fraction of sp³-hybridized carbons (Fsp3) is 0.667. The van der Waals surface area contributed by atoms with Gasteiger partial charge in [0.1, 0.15) is 17.2 Å². The van der Waals surface area contributed by atoms with Crippen molar-refractivity contribution in [3.05, 3.63) is 22.2 Å². The summed E-state index contributed by atoms with van der Waals surface area (Å²) in [7, 11) is 0. The van der Waals surface area contributed by atoms with Gasteiger partial charge in [-0.3, -0.25) is 4.79 Å². The van der Waals surface area contributed by atoms with Crippen LogP contribution in [0.5, 0.6) is 0 Å². The number of hydrogen-bond donors (Lipinski definition) is 3. The van der Waals surface area contributed by atoms with E-state index < -0.39 is 11.5 Å². The van der Waals surface area contributed by atoms with Gasteiger partial charge in [-0.15, -0.1) is 0 Å². The standard InChI is InChI=1S/C15H23N3O3/c1-9(2)13-16-11(7-12(19)17-13)18-15(14(20)21)6-4-5-10(3)8-15/h7,9-10H,4-6,8H2,1-3H3,(H,20,21)(H2,16,17,18,19). The zero-order chi connectivity index (χ0) is 15.6. The van der Waals surface area contributed by atoms with Crippen LogP contribution in [0.4, 0.5) is 5.82 Å². The molecule has 0 aromatic carbocycles. The average molecular weight is 293 g/mol. The van der Waals surface area contributed by atoms with Gasteiger partial charge in [-0.25, -0.2) is 9.78 Å². The molecule has 1 aromatic heterocycles. The molecule has 2 unspecified atom stereocenters. The summed E-state index contributed by atoms with van der Waals surface area (Å²) in [5, 5.41) is 12.7. The minimum Gasteiger partial charge on any atom is -0.480 e. The molecule has 1 fully saturated rings. The molecular formula is C15H23N3O3. The van der Waals surface area contributed by atoms with Crippen LogP contribution < -0.4 is 10.9 Å². The fourth-order valence-corrected chi connectivity index (χ4v) is 2.97. The second-order valence-corrected chi connectivity index (χ2v) is 6.38. The van der Waals surface area contributed by atoms with Crippen LogP contribution >= 0.6 is 0 Å². The molecule has 1 heterocycles. The topological polar surface area (TPSA) is 95.1 Å². The van der Waals surface area contributed by atoms with Crippen molar-refractivity contribution in [2.75, 3.05) is 5.32 Å². The van der Waals surface area contributed by atoms with Crippen molar-refractivity contribution in [3.63, 3.8) is 0 Å². The van der Waals surface area contributed by atoms with Crippen LogP contribution in [-0.2, 0) is 4.79 Å². The lowest BCUT2D eigenvalue weighted by molar-refractivity contribution is -0.144. The Hall–Kier alpha value is -1.85. The summed E-state index contributed by atoms with van der Waals surface area (Å²) in [6.45, 7) is 5.92. The summed E-state index contributed by atoms with van der Waals surface area (Å²) in [5.74, 6) is 0.454. The SMILES string of the molecule is CC1CCCC(Nc2cc(=O)[nH]c(C(C)C)n2)(C(=O)O)C1. The van der Waals surface area contributed by atoms with Crippen LogP contribution in [0.15, 0.2) is 10.9 Å². The molecule has 6 nitrogen and oxygen atoms in total. The van der Waals surface area contributed by atoms with E-state index in [1.54, 1.807) is 0 Å². The lowest BCUT2D eigenvalue weighted by Gasteiger charge is -2.37. The first kappa shape index (κ1) is 15.5. The monoisotopic (exact) mass is 293 g/mol. The number of aliphatic carboxylic acids is 1. The molecule has 1 aliphatic rings. The Morgan fingerprint density at radius 1 is 1.57 bits per heavy atom. The number of nitrogens with zero attached hydrogens (tertiary/aromatic N) is 1. The Morgan fingerprint density at radius 3 is 2.86 bits per heavy atom. The van der Waals surface area contributed by atoms with Crippen LogP contribution in [0.25, 0.3) is 0 Å². The van der Waals surface area contributed by atoms with E-state index in [9.17, 15) is 14.7 Å². The zero-order valence-corrected chi connectivity index (χ0v) is 12.8. The van der Waals surface area contributed by atoms with Crippen molar-refractivity contribution in [2.24, 2.45) is 5.92 Å². The first-order valence-corrected chi connectivity index (χ1v) is 7.45.